The molecule has 2 N–H and O–H groups in total. The number of nitrogens with one attached hydrogen (secondary N) is 2. The van der Waals surface area contributed by atoms with E-state index in [1.807, 2.05) is 19.1 Å². The number of fused-ring (bicyclic) bond motifs is 1. The summed E-state index contributed by atoms with van der Waals surface area (Å²) in [5.41, 5.74) is 2.29. The Hall–Kier alpha value is -4.08. The first-order valence-corrected chi connectivity index (χ1v) is 11.8. The third-order valence-corrected chi connectivity index (χ3v) is 5.77. The van der Waals surface area contributed by atoms with Crippen LogP contribution in [0.1, 0.15) is 52.7 Å². The van der Waals surface area contributed by atoms with E-state index in [4.69, 9.17) is 14.2 Å². The van der Waals surface area contributed by atoms with E-state index in [2.05, 4.69) is 20.9 Å². The van der Waals surface area contributed by atoms with E-state index in [1.165, 1.54) is 0 Å². The number of aromatic nitrogens is 3. The van der Waals surface area contributed by atoms with Gasteiger partial charge in [0.15, 0.2) is 17.2 Å². The summed E-state index contributed by atoms with van der Waals surface area (Å²) in [4.78, 5) is 24.9. The molecule has 2 aliphatic rings. The van der Waals surface area contributed by atoms with Crippen LogP contribution >= 0.6 is 0 Å². The van der Waals surface area contributed by atoms with Gasteiger partial charge in [-0.25, -0.2) is 4.68 Å². The van der Waals surface area contributed by atoms with Crippen LogP contribution in [0.3, 0.4) is 0 Å². The minimum Gasteiger partial charge on any atom is -0.493 e. The minimum absolute atomic E-state index is 0.136. The molecule has 0 atom stereocenters. The molecule has 0 spiro atoms. The van der Waals surface area contributed by atoms with Gasteiger partial charge in [0.25, 0.3) is 11.8 Å². The van der Waals surface area contributed by atoms with E-state index in [9.17, 15) is 9.59 Å². The Balaban J connectivity index is 1.30. The molecule has 5 rings (SSSR count). The van der Waals surface area contributed by atoms with Crippen LogP contribution in [-0.4, -0.2) is 52.8 Å². The second-order valence-electron chi connectivity index (χ2n) is 8.42. The molecular formula is C25H27N5O5. The first kappa shape index (κ1) is 22.7. The lowest BCUT2D eigenvalue weighted by atomic mass is 10.1. The van der Waals surface area contributed by atoms with Crippen molar-refractivity contribution in [2.45, 2.75) is 38.6 Å². The molecule has 2 amide bonds. The fourth-order valence-corrected chi connectivity index (χ4v) is 3.80. The zero-order valence-corrected chi connectivity index (χ0v) is 19.5. The highest BCUT2D eigenvalue weighted by Gasteiger charge is 2.27. The molecule has 2 heterocycles. The Labute approximate surface area is 202 Å². The number of nitrogens with zero attached hydrogens (tertiary/aromatic N) is 3. The van der Waals surface area contributed by atoms with E-state index in [1.54, 1.807) is 35.0 Å². The highest BCUT2D eigenvalue weighted by molar-refractivity contribution is 5.94. The van der Waals surface area contributed by atoms with Gasteiger partial charge in [-0.2, -0.15) is 0 Å². The number of hydrogen-bond donors (Lipinski definition) is 2. The second-order valence-corrected chi connectivity index (χ2v) is 8.42. The maximum Gasteiger partial charge on any atom is 0.273 e. The van der Waals surface area contributed by atoms with Crippen LogP contribution in [0.15, 0.2) is 42.5 Å². The van der Waals surface area contributed by atoms with Crippen molar-refractivity contribution < 1.29 is 23.8 Å². The maximum absolute atomic E-state index is 12.8. The molecule has 182 valence electrons. The van der Waals surface area contributed by atoms with Gasteiger partial charge in [0.1, 0.15) is 5.75 Å². The van der Waals surface area contributed by atoms with Gasteiger partial charge in [-0.1, -0.05) is 5.21 Å². The van der Waals surface area contributed by atoms with Gasteiger partial charge in [0.2, 0.25) is 6.79 Å². The number of amides is 2. The minimum atomic E-state index is -0.218. The molecule has 1 aromatic heterocycles. The van der Waals surface area contributed by atoms with E-state index in [0.29, 0.717) is 60.2 Å². The Bertz CT molecular complexity index is 1220. The van der Waals surface area contributed by atoms with Crippen LogP contribution < -0.4 is 24.8 Å². The molecule has 0 bridgehead atoms. The molecule has 1 saturated carbocycles. The fourth-order valence-electron chi connectivity index (χ4n) is 3.80. The average Bonchev–Trinajstić information content (AvgIpc) is 3.39. The van der Waals surface area contributed by atoms with Crippen LogP contribution in [-0.2, 0) is 6.42 Å². The third-order valence-electron chi connectivity index (χ3n) is 5.77. The van der Waals surface area contributed by atoms with Crippen molar-refractivity contribution in [3.63, 3.8) is 0 Å². The third kappa shape index (κ3) is 5.21. The summed E-state index contributed by atoms with van der Waals surface area (Å²) in [6.07, 6.45) is 3.14. The van der Waals surface area contributed by atoms with Gasteiger partial charge >= 0.3 is 0 Å². The van der Waals surface area contributed by atoms with Gasteiger partial charge in [-0.05, 0) is 69.0 Å². The molecular weight excluding hydrogens is 450 g/mol. The number of rotatable bonds is 10. The number of benzene rings is 2. The Morgan fingerprint density at radius 2 is 1.89 bits per heavy atom. The lowest BCUT2D eigenvalue weighted by molar-refractivity contribution is 0.0940. The monoisotopic (exact) mass is 477 g/mol. The predicted molar refractivity (Wildman–Crippen MR) is 126 cm³/mol. The summed E-state index contributed by atoms with van der Waals surface area (Å²) in [5.74, 6) is 1.71. The second kappa shape index (κ2) is 10.0. The zero-order valence-electron chi connectivity index (χ0n) is 19.5. The quantitative estimate of drug-likeness (QED) is 0.431. The van der Waals surface area contributed by atoms with Gasteiger partial charge in [0.05, 0.1) is 18.0 Å². The average molecular weight is 478 g/mol. The smallest absolute Gasteiger partial charge is 0.273 e. The van der Waals surface area contributed by atoms with Crippen molar-refractivity contribution in [2.75, 3.05) is 19.9 Å². The molecule has 0 radical (unpaired) electrons. The first-order valence-electron chi connectivity index (χ1n) is 11.8. The van der Waals surface area contributed by atoms with E-state index < -0.39 is 0 Å². The molecule has 10 nitrogen and oxygen atoms in total. The van der Waals surface area contributed by atoms with Crippen molar-refractivity contribution >= 4 is 11.8 Å². The molecule has 2 aromatic carbocycles. The Kier molecular flexibility index (Phi) is 6.51. The summed E-state index contributed by atoms with van der Waals surface area (Å²) < 4.78 is 18.3. The van der Waals surface area contributed by atoms with Crippen molar-refractivity contribution in [1.29, 1.82) is 0 Å². The molecule has 10 heteroatoms. The topological polar surface area (TPSA) is 117 Å². The number of hydrogen-bond acceptors (Lipinski definition) is 7. The molecule has 0 saturated heterocycles. The van der Waals surface area contributed by atoms with Crippen LogP contribution in [0.2, 0.25) is 0 Å². The maximum atomic E-state index is 12.8. The van der Waals surface area contributed by atoms with Crippen LogP contribution in [0.5, 0.6) is 17.2 Å². The number of ether oxygens (including phenoxy) is 3. The lowest BCUT2D eigenvalue weighted by Gasteiger charge is -2.10. The van der Waals surface area contributed by atoms with Crippen molar-refractivity contribution in [2.24, 2.45) is 0 Å². The molecule has 35 heavy (non-hydrogen) atoms. The summed E-state index contributed by atoms with van der Waals surface area (Å²) in [7, 11) is 0. The van der Waals surface area contributed by atoms with Crippen LogP contribution in [0.25, 0.3) is 5.69 Å². The van der Waals surface area contributed by atoms with Crippen LogP contribution in [0, 0.1) is 0 Å². The van der Waals surface area contributed by atoms with Crippen molar-refractivity contribution in [1.82, 2.24) is 25.6 Å². The van der Waals surface area contributed by atoms with E-state index in [-0.39, 0.29) is 24.6 Å². The summed E-state index contributed by atoms with van der Waals surface area (Å²) in [6, 6.07) is 12.7. The largest absolute Gasteiger partial charge is 0.493 e. The fraction of sp³-hybridized carbons (Fsp3) is 0.360. The number of carbonyl (C=O) groups excluding carboxylic acids is 2. The van der Waals surface area contributed by atoms with E-state index in [0.717, 1.165) is 18.5 Å². The highest BCUT2D eigenvalue weighted by atomic mass is 16.7. The summed E-state index contributed by atoms with van der Waals surface area (Å²) in [5, 5.41) is 14.2. The normalized spacial score (nSPS) is 14.0. The number of carbonyl (C=O) groups is 2. The van der Waals surface area contributed by atoms with Gasteiger partial charge in [-0.15, -0.1) is 5.10 Å². The Morgan fingerprint density at radius 1 is 1.09 bits per heavy atom. The standard InChI is InChI=1S/C25H27N5O5/c1-2-26-24(31)16-5-9-18(10-6-16)30-20(23(28-29-30)25(32)27-17-7-8-17)4-3-13-33-19-11-12-21-22(14-19)35-15-34-21/h5-6,9-12,14,17H,2-4,7-8,13,15H2,1H3,(H,26,31)(H,27,32). The van der Waals surface area contributed by atoms with Gasteiger partial charge in [0, 0.05) is 24.2 Å². The first-order chi connectivity index (χ1) is 17.1. The van der Waals surface area contributed by atoms with Crippen molar-refractivity contribution in [3.05, 3.63) is 59.4 Å². The van der Waals surface area contributed by atoms with E-state index >= 15 is 0 Å². The molecule has 0 unspecified atom stereocenters. The molecule has 3 aromatic rings. The Morgan fingerprint density at radius 3 is 2.66 bits per heavy atom. The molecule has 1 aliphatic carbocycles. The highest BCUT2D eigenvalue weighted by Crippen LogP contribution is 2.35. The summed E-state index contributed by atoms with van der Waals surface area (Å²) in [6.45, 7) is 3.08. The predicted octanol–water partition coefficient (Wildman–Crippen LogP) is 2.65. The lowest BCUT2D eigenvalue weighted by Crippen LogP contribution is -2.27. The van der Waals surface area contributed by atoms with Gasteiger partial charge in [-0.3, -0.25) is 9.59 Å². The van der Waals surface area contributed by atoms with Crippen molar-refractivity contribution in [3.8, 4) is 22.9 Å². The van der Waals surface area contributed by atoms with Gasteiger partial charge < -0.3 is 24.8 Å². The molecule has 1 aliphatic heterocycles. The molecule has 1 fully saturated rings. The SMILES string of the molecule is CCNC(=O)c1ccc(-n2nnc(C(=O)NC3CC3)c2CCCOc2ccc3c(c2)OCO3)cc1. The summed E-state index contributed by atoms with van der Waals surface area (Å²) >= 11 is 0. The van der Waals surface area contributed by atoms with Crippen LogP contribution in [0.4, 0.5) is 0 Å². The zero-order chi connectivity index (χ0) is 24.2.